The lowest BCUT2D eigenvalue weighted by Gasteiger charge is -1.89. The van der Waals surface area contributed by atoms with Gasteiger partial charge in [0.25, 0.3) is 0 Å². The van der Waals surface area contributed by atoms with Gasteiger partial charge in [-0.05, 0) is 6.07 Å². The molecule has 1 atom stereocenters. The van der Waals surface area contributed by atoms with Crippen LogP contribution in [-0.2, 0) is 0 Å². The second-order valence-corrected chi connectivity index (χ2v) is 1.86. The van der Waals surface area contributed by atoms with E-state index in [0.29, 0.717) is 11.4 Å². The van der Waals surface area contributed by atoms with Crippen LogP contribution >= 0.6 is 9.24 Å². The van der Waals surface area contributed by atoms with Gasteiger partial charge in [0, 0.05) is 6.20 Å². The number of hydrogen-bond acceptors (Lipinski definition) is 3. The van der Waals surface area contributed by atoms with E-state index in [9.17, 15) is 0 Å². The van der Waals surface area contributed by atoms with Gasteiger partial charge >= 0.3 is 0 Å². The van der Waals surface area contributed by atoms with E-state index < -0.39 is 0 Å². The van der Waals surface area contributed by atoms with Gasteiger partial charge in [0.15, 0.2) is 0 Å². The minimum atomic E-state index is 0.505. The fraction of sp³-hybridized carbons (Fsp3) is 0. The topological polar surface area (TPSA) is 51.8 Å². The molecule has 0 aliphatic heterocycles. The first-order chi connectivity index (χ1) is 3.79. The Kier molecular flexibility index (Phi) is 1.40. The highest BCUT2D eigenvalue weighted by atomic mass is 31.0. The van der Waals surface area contributed by atoms with E-state index in [2.05, 4.69) is 19.2 Å². The molecule has 0 saturated carbocycles. The molecule has 42 valence electrons. The average molecular weight is 127 g/mol. The van der Waals surface area contributed by atoms with Crippen molar-refractivity contribution in [2.24, 2.45) is 0 Å². The van der Waals surface area contributed by atoms with Crippen LogP contribution in [0.25, 0.3) is 0 Å². The Morgan fingerprint density at radius 2 is 2.38 bits per heavy atom. The molecular weight excluding hydrogens is 121 g/mol. The summed E-state index contributed by atoms with van der Waals surface area (Å²) in [5.41, 5.74) is 5.92. The van der Waals surface area contributed by atoms with Crippen LogP contribution in [0, 0.1) is 0 Å². The van der Waals surface area contributed by atoms with Gasteiger partial charge in [-0.1, -0.05) is 9.24 Å². The minimum Gasteiger partial charge on any atom is -0.384 e. The van der Waals surface area contributed by atoms with Crippen molar-refractivity contribution in [2.75, 3.05) is 5.73 Å². The Balaban J connectivity index is 3.08. The van der Waals surface area contributed by atoms with E-state index in [1.54, 1.807) is 12.3 Å². The molecule has 3 nitrogen and oxygen atoms in total. The SMILES string of the molecule is Nc1ccnc(P)n1. The molecule has 1 unspecified atom stereocenters. The van der Waals surface area contributed by atoms with Crippen LogP contribution in [0.1, 0.15) is 0 Å². The number of nitrogens with zero attached hydrogens (tertiary/aromatic N) is 2. The first-order valence-corrected chi connectivity index (χ1v) is 2.71. The first kappa shape index (κ1) is 5.45. The number of rotatable bonds is 0. The zero-order valence-corrected chi connectivity index (χ0v) is 5.36. The summed E-state index contributed by atoms with van der Waals surface area (Å²) in [6.45, 7) is 0. The molecule has 0 bridgehead atoms. The van der Waals surface area contributed by atoms with Gasteiger partial charge < -0.3 is 5.73 Å². The summed E-state index contributed by atoms with van der Waals surface area (Å²) in [5.74, 6) is 0.505. The lowest BCUT2D eigenvalue weighted by atomic mass is 10.6. The van der Waals surface area contributed by atoms with Crippen LogP contribution in [0.15, 0.2) is 12.3 Å². The predicted octanol–water partition coefficient (Wildman–Crippen LogP) is -0.441. The van der Waals surface area contributed by atoms with Crippen LogP contribution < -0.4 is 11.3 Å². The van der Waals surface area contributed by atoms with Crippen LogP contribution in [-0.4, -0.2) is 9.97 Å². The predicted molar refractivity (Wildman–Crippen MR) is 35.8 cm³/mol. The van der Waals surface area contributed by atoms with Gasteiger partial charge in [0.2, 0.25) is 0 Å². The molecule has 0 aromatic carbocycles. The number of nitrogens with two attached hydrogens (primary N) is 1. The molecule has 1 aromatic heterocycles. The molecule has 1 aromatic rings. The third-order valence-corrected chi connectivity index (χ3v) is 0.974. The zero-order chi connectivity index (χ0) is 5.98. The molecule has 1 heterocycles. The van der Waals surface area contributed by atoms with E-state index in [-0.39, 0.29) is 0 Å². The molecule has 0 aliphatic carbocycles. The first-order valence-electron chi connectivity index (χ1n) is 2.13. The Hall–Kier alpha value is -0.690. The van der Waals surface area contributed by atoms with Crippen molar-refractivity contribution in [3.8, 4) is 0 Å². The average Bonchev–Trinajstić information content (AvgIpc) is 1.64. The quantitative estimate of drug-likeness (QED) is 0.480. The van der Waals surface area contributed by atoms with E-state index in [4.69, 9.17) is 5.73 Å². The lowest BCUT2D eigenvalue weighted by molar-refractivity contribution is 1.25. The Labute approximate surface area is 49.5 Å². The number of anilines is 1. The summed E-state index contributed by atoms with van der Waals surface area (Å²) in [4.78, 5) is 7.62. The van der Waals surface area contributed by atoms with Gasteiger partial charge in [-0.15, -0.1) is 0 Å². The maximum absolute atomic E-state index is 5.29. The molecule has 0 aliphatic rings. The van der Waals surface area contributed by atoms with Crippen LogP contribution in [0.3, 0.4) is 0 Å². The highest BCUT2D eigenvalue weighted by Crippen LogP contribution is 1.88. The summed E-state index contributed by atoms with van der Waals surface area (Å²) < 4.78 is 0. The van der Waals surface area contributed by atoms with E-state index >= 15 is 0 Å². The normalized spacial score (nSPS) is 9.12. The molecule has 0 spiro atoms. The summed E-state index contributed by atoms with van der Waals surface area (Å²) in [6, 6.07) is 1.65. The highest BCUT2D eigenvalue weighted by Gasteiger charge is 1.84. The van der Waals surface area contributed by atoms with Gasteiger partial charge in [0.1, 0.15) is 11.4 Å². The summed E-state index contributed by atoms with van der Waals surface area (Å²) in [5, 5.41) is 0. The Morgan fingerprint density at radius 1 is 1.62 bits per heavy atom. The molecule has 0 amide bonds. The third kappa shape index (κ3) is 1.14. The van der Waals surface area contributed by atoms with Crippen LogP contribution in [0.2, 0.25) is 0 Å². The fourth-order valence-corrected chi connectivity index (χ4v) is 0.624. The van der Waals surface area contributed by atoms with Crippen molar-refractivity contribution in [3.05, 3.63) is 12.3 Å². The van der Waals surface area contributed by atoms with Crippen LogP contribution in [0.4, 0.5) is 5.82 Å². The molecular formula is C4H6N3P. The second-order valence-electron chi connectivity index (χ2n) is 1.34. The van der Waals surface area contributed by atoms with Crippen molar-refractivity contribution < 1.29 is 0 Å². The molecule has 0 radical (unpaired) electrons. The largest absolute Gasteiger partial charge is 0.384 e. The van der Waals surface area contributed by atoms with Crippen molar-refractivity contribution in [1.82, 2.24) is 9.97 Å². The Bertz CT molecular complexity index is 171. The molecule has 8 heavy (non-hydrogen) atoms. The maximum Gasteiger partial charge on any atom is 0.146 e. The van der Waals surface area contributed by atoms with E-state index in [1.807, 2.05) is 0 Å². The molecule has 4 heteroatoms. The standard InChI is InChI=1S/C4H6N3P/c5-3-1-2-6-4(8)7-3/h1-2H,8H2,(H2,5,6,7). The Morgan fingerprint density at radius 3 is 2.75 bits per heavy atom. The molecule has 0 saturated heterocycles. The van der Waals surface area contributed by atoms with Crippen molar-refractivity contribution >= 4 is 20.6 Å². The second kappa shape index (κ2) is 2.05. The summed E-state index contributed by atoms with van der Waals surface area (Å²) >= 11 is 0. The number of nitrogen functional groups attached to an aromatic ring is 1. The zero-order valence-electron chi connectivity index (χ0n) is 4.20. The van der Waals surface area contributed by atoms with E-state index in [1.165, 1.54) is 0 Å². The fourth-order valence-electron chi connectivity index (χ4n) is 0.388. The number of aromatic nitrogens is 2. The molecule has 2 N–H and O–H groups in total. The third-order valence-electron chi connectivity index (χ3n) is 0.696. The van der Waals surface area contributed by atoms with E-state index in [0.717, 1.165) is 0 Å². The van der Waals surface area contributed by atoms with Crippen LogP contribution in [0.5, 0.6) is 0 Å². The monoisotopic (exact) mass is 127 g/mol. The van der Waals surface area contributed by atoms with Gasteiger partial charge in [-0.25, -0.2) is 9.97 Å². The van der Waals surface area contributed by atoms with Crippen molar-refractivity contribution in [1.29, 1.82) is 0 Å². The molecule has 1 rings (SSSR count). The van der Waals surface area contributed by atoms with Gasteiger partial charge in [0.05, 0.1) is 0 Å². The number of hydrogen-bond donors (Lipinski definition) is 1. The minimum absolute atomic E-state index is 0.505. The highest BCUT2D eigenvalue weighted by molar-refractivity contribution is 7.26. The summed E-state index contributed by atoms with van der Waals surface area (Å²) in [6.07, 6.45) is 1.62. The van der Waals surface area contributed by atoms with Gasteiger partial charge in [-0.3, -0.25) is 0 Å². The maximum atomic E-state index is 5.29. The lowest BCUT2D eigenvalue weighted by Crippen LogP contribution is -2.04. The smallest absolute Gasteiger partial charge is 0.146 e. The van der Waals surface area contributed by atoms with Crippen molar-refractivity contribution in [3.63, 3.8) is 0 Å². The van der Waals surface area contributed by atoms with Crippen molar-refractivity contribution in [2.45, 2.75) is 0 Å². The van der Waals surface area contributed by atoms with Gasteiger partial charge in [-0.2, -0.15) is 0 Å². The summed E-state index contributed by atoms with van der Waals surface area (Å²) in [7, 11) is 2.36. The molecule has 0 fully saturated rings.